The molecule has 1 unspecified atom stereocenters. The molecule has 0 fully saturated rings. The molecule has 5 heteroatoms. The second-order valence-electron chi connectivity index (χ2n) is 3.65. The van der Waals surface area contributed by atoms with Crippen molar-refractivity contribution in [1.82, 2.24) is 9.80 Å². The average molecular weight is 202 g/mol. The number of hydrogen-bond acceptors (Lipinski definition) is 4. The summed E-state index contributed by atoms with van der Waals surface area (Å²) in [5, 5.41) is 9.83. The van der Waals surface area contributed by atoms with Crippen LogP contribution in [0.5, 0.6) is 0 Å². The van der Waals surface area contributed by atoms with Crippen molar-refractivity contribution in [3.05, 3.63) is 12.3 Å². The minimum Gasteiger partial charge on any atom is -0.413 e. The quantitative estimate of drug-likeness (QED) is 0.488. The lowest BCUT2D eigenvalue weighted by atomic mass is 10.1. The van der Waals surface area contributed by atoms with Gasteiger partial charge in [0.05, 0.1) is 0 Å². The van der Waals surface area contributed by atoms with Crippen LogP contribution in [0.3, 0.4) is 0 Å². The third-order valence-corrected chi connectivity index (χ3v) is 2.04. The minimum atomic E-state index is -1.45. The van der Waals surface area contributed by atoms with E-state index < -0.39 is 11.9 Å². The Balaban J connectivity index is 2.59. The molecule has 0 aromatic carbocycles. The Morgan fingerprint density at radius 2 is 2.29 bits per heavy atom. The second-order valence-corrected chi connectivity index (χ2v) is 3.65. The Morgan fingerprint density at radius 1 is 1.64 bits per heavy atom. The molecule has 14 heavy (non-hydrogen) atoms. The highest BCUT2D eigenvalue weighted by atomic mass is 18.2. The molecule has 1 heterocycles. The maximum absolute atomic E-state index is 11.2. The van der Waals surface area contributed by atoms with E-state index in [1.54, 1.807) is 20.3 Å². The fourth-order valence-electron chi connectivity index (χ4n) is 1.07. The minimum absolute atomic E-state index is 0.388. The first kappa shape index (κ1) is 10.8. The van der Waals surface area contributed by atoms with E-state index in [-0.39, 0.29) is 0 Å². The van der Waals surface area contributed by atoms with Crippen LogP contribution in [-0.4, -0.2) is 54.5 Å². The van der Waals surface area contributed by atoms with Gasteiger partial charge in [-0.2, -0.15) is 0 Å². The van der Waals surface area contributed by atoms with E-state index in [4.69, 9.17) is 4.74 Å². The van der Waals surface area contributed by atoms with Gasteiger partial charge < -0.3 is 19.6 Å². The standard InChI is InChI=1S/C9H16N2O3/c1-10(2)8(12)14-9(13)4-6-11(3)7-5-9/h4,6,13H,5,7H2,1-3H3/i13+2. The van der Waals surface area contributed by atoms with E-state index in [2.05, 4.69) is 0 Å². The molecule has 0 spiro atoms. The number of carbonyl (C=O) groups excluding carboxylic acids is 1. The molecular formula is C9H16N2O3. The molecule has 1 amide bonds. The number of carbonyl (C=O) groups is 1. The highest BCUT2D eigenvalue weighted by Crippen LogP contribution is 2.20. The molecule has 0 aliphatic carbocycles. The van der Waals surface area contributed by atoms with Crippen molar-refractivity contribution in [2.45, 2.75) is 12.2 Å². The van der Waals surface area contributed by atoms with E-state index in [0.717, 1.165) is 0 Å². The van der Waals surface area contributed by atoms with Crippen LogP contribution >= 0.6 is 0 Å². The third-order valence-electron chi connectivity index (χ3n) is 2.04. The summed E-state index contributed by atoms with van der Waals surface area (Å²) in [5.74, 6) is -1.45. The summed E-state index contributed by atoms with van der Waals surface area (Å²) >= 11 is 0. The van der Waals surface area contributed by atoms with Gasteiger partial charge in [-0.1, -0.05) is 0 Å². The van der Waals surface area contributed by atoms with Gasteiger partial charge in [-0.3, -0.25) is 0 Å². The predicted octanol–water partition coefficient (Wildman–Crippen LogP) is 0.222. The van der Waals surface area contributed by atoms with Gasteiger partial charge >= 0.3 is 6.09 Å². The van der Waals surface area contributed by atoms with Gasteiger partial charge in [0.15, 0.2) is 0 Å². The zero-order valence-corrected chi connectivity index (χ0v) is 8.73. The van der Waals surface area contributed by atoms with Gasteiger partial charge in [0.25, 0.3) is 0 Å². The lowest BCUT2D eigenvalue weighted by molar-refractivity contribution is -0.139. The molecule has 0 saturated carbocycles. The second kappa shape index (κ2) is 3.88. The van der Waals surface area contributed by atoms with Crippen molar-refractivity contribution in [2.75, 3.05) is 27.7 Å². The molecule has 0 aromatic rings. The smallest absolute Gasteiger partial charge is 0.411 e. The molecule has 5 nitrogen and oxygen atoms in total. The topological polar surface area (TPSA) is 53.0 Å². The number of nitrogens with zero attached hydrogens (tertiary/aromatic N) is 2. The maximum atomic E-state index is 11.2. The molecule has 0 aromatic heterocycles. The Morgan fingerprint density at radius 3 is 2.71 bits per heavy atom. The highest BCUT2D eigenvalue weighted by molar-refractivity contribution is 5.67. The predicted molar refractivity (Wildman–Crippen MR) is 51.5 cm³/mol. The van der Waals surface area contributed by atoms with Crippen LogP contribution in [0.4, 0.5) is 4.79 Å². The number of rotatable bonds is 1. The first-order valence-corrected chi connectivity index (χ1v) is 4.45. The summed E-state index contributed by atoms with van der Waals surface area (Å²) in [6, 6.07) is 0. The van der Waals surface area contributed by atoms with Crippen LogP contribution in [0.25, 0.3) is 0 Å². The summed E-state index contributed by atoms with van der Waals surface area (Å²) in [5.41, 5.74) is 0. The summed E-state index contributed by atoms with van der Waals surface area (Å²) in [6.45, 7) is 0.660. The van der Waals surface area contributed by atoms with Gasteiger partial charge in [-0.05, 0) is 0 Å². The Bertz CT molecular complexity index is 252. The molecule has 1 rings (SSSR count). The fourth-order valence-corrected chi connectivity index (χ4v) is 1.07. The SMILES string of the molecule is CN1C=CC([18OH])(OC(=O)N(C)C)CC1. The first-order chi connectivity index (χ1) is 6.43. The number of amides is 1. The van der Waals surface area contributed by atoms with Crippen LogP contribution in [0.15, 0.2) is 12.3 Å². The average Bonchev–Trinajstić information content (AvgIpc) is 2.10. The van der Waals surface area contributed by atoms with Crippen molar-refractivity contribution < 1.29 is 14.6 Å². The molecule has 1 aliphatic heterocycles. The lowest BCUT2D eigenvalue weighted by Gasteiger charge is -2.31. The first-order valence-electron chi connectivity index (χ1n) is 4.45. The molecule has 1 aliphatic rings. The van der Waals surface area contributed by atoms with Gasteiger partial charge in [0, 0.05) is 46.4 Å². The number of hydrogen-bond donors (Lipinski definition) is 1. The van der Waals surface area contributed by atoms with Crippen molar-refractivity contribution in [2.24, 2.45) is 0 Å². The van der Waals surface area contributed by atoms with Crippen molar-refractivity contribution in [1.29, 1.82) is 0 Å². The van der Waals surface area contributed by atoms with Gasteiger partial charge in [-0.25, -0.2) is 4.79 Å². The zero-order chi connectivity index (χ0) is 10.8. The van der Waals surface area contributed by atoms with Crippen molar-refractivity contribution in [3.8, 4) is 0 Å². The lowest BCUT2D eigenvalue weighted by Crippen LogP contribution is -2.41. The third kappa shape index (κ3) is 2.63. The maximum Gasteiger partial charge on any atom is 0.411 e. The monoisotopic (exact) mass is 202 g/mol. The van der Waals surface area contributed by atoms with Gasteiger partial charge in [0.1, 0.15) is 0 Å². The number of ether oxygens (including phenoxy) is 1. The molecule has 0 radical (unpaired) electrons. The largest absolute Gasteiger partial charge is 0.413 e. The van der Waals surface area contributed by atoms with E-state index in [1.807, 2.05) is 11.9 Å². The highest BCUT2D eigenvalue weighted by Gasteiger charge is 2.31. The van der Waals surface area contributed by atoms with Crippen LogP contribution in [0.1, 0.15) is 6.42 Å². The fraction of sp³-hybridized carbons (Fsp3) is 0.667. The molecule has 80 valence electrons. The van der Waals surface area contributed by atoms with E-state index in [0.29, 0.717) is 13.0 Å². The Labute approximate surface area is 83.6 Å². The summed E-state index contributed by atoms with van der Waals surface area (Å²) < 4.78 is 4.92. The summed E-state index contributed by atoms with van der Waals surface area (Å²) in [7, 11) is 5.04. The molecular weight excluding hydrogens is 186 g/mol. The van der Waals surface area contributed by atoms with Crippen molar-refractivity contribution in [3.63, 3.8) is 0 Å². The number of aliphatic hydroxyl groups is 1. The molecule has 0 bridgehead atoms. The zero-order valence-electron chi connectivity index (χ0n) is 8.73. The van der Waals surface area contributed by atoms with Gasteiger partial charge in [0.2, 0.25) is 5.79 Å². The van der Waals surface area contributed by atoms with Crippen molar-refractivity contribution >= 4 is 6.09 Å². The van der Waals surface area contributed by atoms with E-state index in [1.165, 1.54) is 11.0 Å². The summed E-state index contributed by atoms with van der Waals surface area (Å²) in [6.07, 6.45) is 3.03. The van der Waals surface area contributed by atoms with E-state index >= 15 is 0 Å². The molecule has 1 N–H and O–H groups in total. The van der Waals surface area contributed by atoms with E-state index in [9.17, 15) is 9.90 Å². The van der Waals surface area contributed by atoms with Crippen LogP contribution < -0.4 is 0 Å². The van der Waals surface area contributed by atoms with Crippen LogP contribution in [0.2, 0.25) is 0 Å². The Kier molecular flexibility index (Phi) is 3.00. The Hall–Kier alpha value is -1.23. The van der Waals surface area contributed by atoms with Crippen LogP contribution in [0, 0.1) is 0 Å². The normalized spacial score (nSPS) is 26.1. The molecule has 0 saturated heterocycles. The molecule has 1 atom stereocenters. The van der Waals surface area contributed by atoms with Crippen LogP contribution in [-0.2, 0) is 4.74 Å². The van der Waals surface area contributed by atoms with Gasteiger partial charge in [-0.15, -0.1) is 0 Å². The summed E-state index contributed by atoms with van der Waals surface area (Å²) in [4.78, 5) is 14.4.